The van der Waals surface area contributed by atoms with Gasteiger partial charge < -0.3 is 5.32 Å². The van der Waals surface area contributed by atoms with Crippen LogP contribution in [-0.4, -0.2) is 22.0 Å². The first-order valence-corrected chi connectivity index (χ1v) is 8.95. The molecule has 0 spiro atoms. The number of aromatic nitrogens is 1. The lowest BCUT2D eigenvalue weighted by atomic mass is 10.2. The van der Waals surface area contributed by atoms with Gasteiger partial charge in [-0.05, 0) is 30.7 Å². The van der Waals surface area contributed by atoms with E-state index in [2.05, 4.69) is 29.0 Å². The molecule has 102 valence electrons. The van der Waals surface area contributed by atoms with Gasteiger partial charge in [0.25, 0.3) is 0 Å². The second-order valence-electron chi connectivity index (χ2n) is 4.78. The van der Waals surface area contributed by atoms with Crippen LogP contribution in [0.4, 0.5) is 5.13 Å². The fourth-order valence-electron chi connectivity index (χ4n) is 2.64. The predicted molar refractivity (Wildman–Crippen MR) is 87.8 cm³/mol. The SMILES string of the molecule is CCSC1CCCC1Nc1nc2cccc(Cl)c2s1. The Hall–Kier alpha value is -0.450. The zero-order valence-electron chi connectivity index (χ0n) is 10.9. The van der Waals surface area contributed by atoms with E-state index >= 15 is 0 Å². The number of hydrogen-bond donors (Lipinski definition) is 1. The third-order valence-electron chi connectivity index (χ3n) is 3.51. The maximum absolute atomic E-state index is 6.20. The van der Waals surface area contributed by atoms with Crippen molar-refractivity contribution in [2.45, 2.75) is 37.5 Å². The zero-order valence-corrected chi connectivity index (χ0v) is 13.2. The van der Waals surface area contributed by atoms with Gasteiger partial charge in [-0.2, -0.15) is 11.8 Å². The van der Waals surface area contributed by atoms with Gasteiger partial charge in [0.1, 0.15) is 0 Å². The van der Waals surface area contributed by atoms with Crippen molar-refractivity contribution in [3.05, 3.63) is 23.2 Å². The Bertz CT molecular complexity index is 570. The highest BCUT2D eigenvalue weighted by atomic mass is 35.5. The molecule has 0 aliphatic heterocycles. The molecule has 1 aromatic carbocycles. The molecule has 1 aromatic heterocycles. The molecule has 1 heterocycles. The number of thioether (sulfide) groups is 1. The van der Waals surface area contributed by atoms with Crippen LogP contribution in [0, 0.1) is 0 Å². The minimum absolute atomic E-state index is 0.560. The highest BCUT2D eigenvalue weighted by Crippen LogP contribution is 2.36. The van der Waals surface area contributed by atoms with Gasteiger partial charge in [0.15, 0.2) is 5.13 Å². The van der Waals surface area contributed by atoms with Crippen molar-refractivity contribution >= 4 is 50.0 Å². The topological polar surface area (TPSA) is 24.9 Å². The molecule has 0 bridgehead atoms. The van der Waals surface area contributed by atoms with Crippen LogP contribution in [0.2, 0.25) is 5.02 Å². The highest BCUT2D eigenvalue weighted by molar-refractivity contribution is 7.99. The number of hydrogen-bond acceptors (Lipinski definition) is 4. The summed E-state index contributed by atoms with van der Waals surface area (Å²) in [6.45, 7) is 2.23. The van der Waals surface area contributed by atoms with Gasteiger partial charge in [0, 0.05) is 11.3 Å². The third-order valence-corrected chi connectivity index (χ3v) is 6.30. The maximum atomic E-state index is 6.20. The molecule has 3 rings (SSSR count). The number of fused-ring (bicyclic) bond motifs is 1. The molecule has 1 N–H and O–H groups in total. The number of nitrogens with zero attached hydrogens (tertiary/aromatic N) is 1. The maximum Gasteiger partial charge on any atom is 0.184 e. The largest absolute Gasteiger partial charge is 0.358 e. The predicted octanol–water partition coefficient (Wildman–Crippen LogP) is 5.04. The summed E-state index contributed by atoms with van der Waals surface area (Å²) in [5, 5.41) is 6.16. The smallest absolute Gasteiger partial charge is 0.184 e. The van der Waals surface area contributed by atoms with E-state index in [9.17, 15) is 0 Å². The minimum atomic E-state index is 0.560. The summed E-state index contributed by atoms with van der Waals surface area (Å²) in [5.41, 5.74) is 0.998. The molecule has 0 radical (unpaired) electrons. The van der Waals surface area contributed by atoms with Gasteiger partial charge in [0.05, 0.1) is 15.2 Å². The molecular weight excluding hydrogens is 296 g/mol. The van der Waals surface area contributed by atoms with Gasteiger partial charge in [-0.3, -0.25) is 0 Å². The first-order valence-electron chi connectivity index (χ1n) is 6.71. The van der Waals surface area contributed by atoms with Crippen molar-refractivity contribution in [2.24, 2.45) is 0 Å². The van der Waals surface area contributed by atoms with E-state index in [0.29, 0.717) is 6.04 Å². The summed E-state index contributed by atoms with van der Waals surface area (Å²) < 4.78 is 1.09. The summed E-state index contributed by atoms with van der Waals surface area (Å²) in [6, 6.07) is 6.47. The second-order valence-corrected chi connectivity index (χ2v) is 7.71. The fraction of sp³-hybridized carbons (Fsp3) is 0.500. The van der Waals surface area contributed by atoms with E-state index in [-0.39, 0.29) is 0 Å². The molecule has 2 unspecified atom stereocenters. The van der Waals surface area contributed by atoms with Crippen molar-refractivity contribution in [2.75, 3.05) is 11.1 Å². The first kappa shape index (κ1) is 13.5. The highest BCUT2D eigenvalue weighted by Gasteiger charge is 2.27. The average molecular weight is 313 g/mol. The molecular formula is C14H17ClN2S2. The van der Waals surface area contributed by atoms with Crippen molar-refractivity contribution < 1.29 is 0 Å². The van der Waals surface area contributed by atoms with Crippen LogP contribution >= 0.6 is 34.7 Å². The van der Waals surface area contributed by atoms with Crippen LogP contribution in [0.25, 0.3) is 10.2 Å². The molecule has 2 aromatic rings. The van der Waals surface area contributed by atoms with Crippen LogP contribution in [0.1, 0.15) is 26.2 Å². The van der Waals surface area contributed by atoms with E-state index in [1.807, 2.05) is 18.2 Å². The third kappa shape index (κ3) is 2.86. The molecule has 2 atom stereocenters. The van der Waals surface area contributed by atoms with Gasteiger partial charge in [-0.15, -0.1) is 0 Å². The molecule has 1 aliphatic carbocycles. The lowest BCUT2D eigenvalue weighted by molar-refractivity contribution is 0.767. The van der Waals surface area contributed by atoms with Crippen LogP contribution in [0.5, 0.6) is 0 Å². The molecule has 19 heavy (non-hydrogen) atoms. The Morgan fingerprint density at radius 3 is 3.16 bits per heavy atom. The van der Waals surface area contributed by atoms with E-state index < -0.39 is 0 Å². The molecule has 1 saturated carbocycles. The van der Waals surface area contributed by atoms with Crippen molar-refractivity contribution in [1.82, 2.24) is 4.98 Å². The van der Waals surface area contributed by atoms with Gasteiger partial charge in [0.2, 0.25) is 0 Å². The molecule has 2 nitrogen and oxygen atoms in total. The normalized spacial score (nSPS) is 23.1. The summed E-state index contributed by atoms with van der Waals surface area (Å²) in [6.07, 6.45) is 3.89. The Balaban J connectivity index is 1.79. The summed E-state index contributed by atoms with van der Waals surface area (Å²) in [4.78, 5) is 4.65. The van der Waals surface area contributed by atoms with E-state index in [4.69, 9.17) is 11.6 Å². The Kier molecular flexibility index (Phi) is 4.20. The van der Waals surface area contributed by atoms with Crippen molar-refractivity contribution in [3.63, 3.8) is 0 Å². The minimum Gasteiger partial charge on any atom is -0.358 e. The van der Waals surface area contributed by atoms with Crippen molar-refractivity contribution in [3.8, 4) is 0 Å². The molecule has 1 aliphatic rings. The summed E-state index contributed by atoms with van der Waals surface area (Å²) >= 11 is 9.94. The van der Waals surface area contributed by atoms with E-state index in [0.717, 1.165) is 25.6 Å². The number of halogens is 1. The lowest BCUT2D eigenvalue weighted by Crippen LogP contribution is -2.26. The summed E-state index contributed by atoms with van der Waals surface area (Å²) in [7, 11) is 0. The molecule has 0 saturated heterocycles. The number of anilines is 1. The second kappa shape index (κ2) is 5.90. The van der Waals surface area contributed by atoms with Crippen LogP contribution in [0.3, 0.4) is 0 Å². The van der Waals surface area contributed by atoms with Crippen LogP contribution < -0.4 is 5.32 Å². The molecule has 1 fully saturated rings. The fourth-order valence-corrected chi connectivity index (χ4v) is 5.06. The number of nitrogens with one attached hydrogen (secondary N) is 1. The Morgan fingerprint density at radius 2 is 2.37 bits per heavy atom. The van der Waals surface area contributed by atoms with Crippen molar-refractivity contribution in [1.29, 1.82) is 0 Å². The first-order chi connectivity index (χ1) is 9.28. The standard InChI is InChI=1S/C14H17ClN2S2/c1-2-18-12-8-4-6-10(12)16-14-17-11-7-3-5-9(15)13(11)19-14/h3,5,7,10,12H,2,4,6,8H2,1H3,(H,16,17). The molecule has 0 amide bonds. The van der Waals surface area contributed by atoms with Gasteiger partial charge in [-0.1, -0.05) is 42.3 Å². The summed E-state index contributed by atoms with van der Waals surface area (Å²) in [5.74, 6) is 1.19. The molecule has 5 heteroatoms. The van der Waals surface area contributed by atoms with Crippen LogP contribution in [0.15, 0.2) is 18.2 Å². The van der Waals surface area contributed by atoms with Gasteiger partial charge in [-0.25, -0.2) is 4.98 Å². The zero-order chi connectivity index (χ0) is 13.2. The monoisotopic (exact) mass is 312 g/mol. The number of benzene rings is 1. The Morgan fingerprint density at radius 1 is 1.47 bits per heavy atom. The van der Waals surface area contributed by atoms with Gasteiger partial charge >= 0.3 is 0 Å². The number of thiazole rings is 1. The average Bonchev–Trinajstić information content (AvgIpc) is 2.98. The van der Waals surface area contributed by atoms with Crippen LogP contribution in [-0.2, 0) is 0 Å². The lowest BCUT2D eigenvalue weighted by Gasteiger charge is -2.19. The van der Waals surface area contributed by atoms with E-state index in [1.54, 1.807) is 11.3 Å². The van der Waals surface area contributed by atoms with E-state index in [1.165, 1.54) is 25.0 Å². The number of rotatable bonds is 4. The quantitative estimate of drug-likeness (QED) is 0.856. The Labute approximate surface area is 126 Å².